The number of hydrogen-bond acceptors (Lipinski definition) is 3. The zero-order chi connectivity index (χ0) is 16.6. The molecule has 0 spiro atoms. The van der Waals surface area contributed by atoms with Gasteiger partial charge in [0.15, 0.2) is 5.69 Å². The van der Waals surface area contributed by atoms with Crippen molar-refractivity contribution in [2.45, 2.75) is 20.3 Å². The molecule has 6 heteroatoms. The Balaban J connectivity index is 1.81. The fraction of sp³-hybridized carbons (Fsp3) is 0.412. The van der Waals surface area contributed by atoms with Crippen LogP contribution < -0.4 is 0 Å². The van der Waals surface area contributed by atoms with Gasteiger partial charge < -0.3 is 9.32 Å². The Bertz CT molecular complexity index is 719. The van der Waals surface area contributed by atoms with Crippen LogP contribution >= 0.6 is 23.2 Å². The minimum Gasteiger partial charge on any atom is -0.444 e. The van der Waals surface area contributed by atoms with Crippen LogP contribution in [-0.2, 0) is 0 Å². The van der Waals surface area contributed by atoms with E-state index in [1.54, 1.807) is 18.2 Å². The number of carbonyl (C=O) groups excluding carboxylic acids is 1. The number of aromatic nitrogens is 1. The van der Waals surface area contributed by atoms with Crippen LogP contribution in [0.4, 0.5) is 0 Å². The average Bonchev–Trinajstić information content (AvgIpc) is 2.98. The van der Waals surface area contributed by atoms with E-state index in [-0.39, 0.29) is 5.91 Å². The molecule has 23 heavy (non-hydrogen) atoms. The van der Waals surface area contributed by atoms with Gasteiger partial charge in [-0.2, -0.15) is 0 Å². The minimum absolute atomic E-state index is 0.0848. The first-order chi connectivity index (χ1) is 10.9. The second-order valence-corrected chi connectivity index (χ2v) is 7.14. The highest BCUT2D eigenvalue weighted by molar-refractivity contribution is 6.42. The number of rotatable bonds is 2. The van der Waals surface area contributed by atoms with Crippen LogP contribution in [0.2, 0.25) is 10.0 Å². The summed E-state index contributed by atoms with van der Waals surface area (Å²) < 4.78 is 5.45. The van der Waals surface area contributed by atoms with Gasteiger partial charge >= 0.3 is 0 Å². The van der Waals surface area contributed by atoms with Gasteiger partial charge in [-0.05, 0) is 36.5 Å². The SMILES string of the molecule is CC1CC(C)CN(C(=O)c2coc(-c3ccc(Cl)c(Cl)c3)n2)C1. The lowest BCUT2D eigenvalue weighted by molar-refractivity contribution is 0.0617. The molecule has 1 aromatic heterocycles. The summed E-state index contributed by atoms with van der Waals surface area (Å²) in [5.41, 5.74) is 1.02. The van der Waals surface area contributed by atoms with Crippen molar-refractivity contribution in [3.05, 3.63) is 40.2 Å². The standard InChI is InChI=1S/C17H18Cl2N2O2/c1-10-5-11(2)8-21(7-10)17(22)15-9-23-16(20-15)12-3-4-13(18)14(19)6-12/h3-4,6,9-11H,5,7-8H2,1-2H3. The number of piperidine rings is 1. The number of carbonyl (C=O) groups is 1. The molecule has 3 rings (SSSR count). The molecule has 1 fully saturated rings. The van der Waals surface area contributed by atoms with E-state index in [0.717, 1.165) is 19.5 Å². The van der Waals surface area contributed by atoms with Gasteiger partial charge in [-0.1, -0.05) is 37.0 Å². The summed E-state index contributed by atoms with van der Waals surface area (Å²) in [6.45, 7) is 5.86. The summed E-state index contributed by atoms with van der Waals surface area (Å²) in [5, 5.41) is 0.892. The van der Waals surface area contributed by atoms with Crippen molar-refractivity contribution in [2.24, 2.45) is 11.8 Å². The highest BCUT2D eigenvalue weighted by atomic mass is 35.5. The third-order valence-corrected chi connectivity index (χ3v) is 4.78. The summed E-state index contributed by atoms with van der Waals surface area (Å²) >= 11 is 11.9. The van der Waals surface area contributed by atoms with Gasteiger partial charge in [-0.3, -0.25) is 4.79 Å². The van der Waals surface area contributed by atoms with Gasteiger partial charge in [0.1, 0.15) is 6.26 Å². The van der Waals surface area contributed by atoms with Crippen LogP contribution in [0.1, 0.15) is 30.8 Å². The number of likely N-dealkylation sites (tertiary alicyclic amines) is 1. The van der Waals surface area contributed by atoms with Gasteiger partial charge in [0.2, 0.25) is 5.89 Å². The second kappa shape index (κ2) is 6.54. The van der Waals surface area contributed by atoms with E-state index in [0.29, 0.717) is 39.0 Å². The zero-order valence-corrected chi connectivity index (χ0v) is 14.6. The molecule has 1 amide bonds. The van der Waals surface area contributed by atoms with E-state index in [4.69, 9.17) is 27.6 Å². The Morgan fingerprint density at radius 1 is 1.22 bits per heavy atom. The van der Waals surface area contributed by atoms with Crippen molar-refractivity contribution in [1.29, 1.82) is 0 Å². The normalized spacial score (nSPS) is 21.5. The molecular weight excluding hydrogens is 335 g/mol. The van der Waals surface area contributed by atoms with Crippen molar-refractivity contribution in [3.63, 3.8) is 0 Å². The number of hydrogen-bond donors (Lipinski definition) is 0. The summed E-state index contributed by atoms with van der Waals surface area (Å²) in [6.07, 6.45) is 2.56. The smallest absolute Gasteiger partial charge is 0.275 e. The lowest BCUT2D eigenvalue weighted by atomic mass is 9.92. The van der Waals surface area contributed by atoms with E-state index in [2.05, 4.69) is 18.8 Å². The molecule has 2 unspecified atom stereocenters. The molecule has 1 aliphatic heterocycles. The summed E-state index contributed by atoms with van der Waals surface area (Å²) in [7, 11) is 0. The van der Waals surface area contributed by atoms with Crippen LogP contribution in [-0.4, -0.2) is 28.9 Å². The maximum atomic E-state index is 12.6. The highest BCUT2D eigenvalue weighted by Crippen LogP contribution is 2.29. The Hall–Kier alpha value is -1.52. The molecule has 0 saturated carbocycles. The lowest BCUT2D eigenvalue weighted by Crippen LogP contribution is -2.42. The Morgan fingerprint density at radius 3 is 2.57 bits per heavy atom. The van der Waals surface area contributed by atoms with Crippen LogP contribution in [0.15, 0.2) is 28.9 Å². The molecule has 2 aromatic rings. The predicted molar refractivity (Wildman–Crippen MR) is 90.8 cm³/mol. The first-order valence-corrected chi connectivity index (χ1v) is 8.40. The van der Waals surface area contributed by atoms with Crippen LogP contribution in [0.5, 0.6) is 0 Å². The quantitative estimate of drug-likeness (QED) is 0.782. The van der Waals surface area contributed by atoms with E-state index in [1.807, 2.05) is 4.90 Å². The fourth-order valence-electron chi connectivity index (χ4n) is 3.12. The second-order valence-electron chi connectivity index (χ2n) is 6.32. The van der Waals surface area contributed by atoms with E-state index in [1.165, 1.54) is 6.26 Å². The van der Waals surface area contributed by atoms with Crippen molar-refractivity contribution >= 4 is 29.1 Å². The molecule has 2 atom stereocenters. The molecule has 0 aliphatic carbocycles. The van der Waals surface area contributed by atoms with E-state index >= 15 is 0 Å². The van der Waals surface area contributed by atoms with Crippen LogP contribution in [0.25, 0.3) is 11.5 Å². The molecule has 1 saturated heterocycles. The summed E-state index contributed by atoms with van der Waals surface area (Å²) in [6, 6.07) is 5.12. The number of nitrogens with zero attached hydrogens (tertiary/aromatic N) is 2. The van der Waals surface area contributed by atoms with Crippen molar-refractivity contribution in [1.82, 2.24) is 9.88 Å². The minimum atomic E-state index is -0.0848. The monoisotopic (exact) mass is 352 g/mol. The predicted octanol–water partition coefficient (Wildman–Crippen LogP) is 4.77. The van der Waals surface area contributed by atoms with Crippen LogP contribution in [0, 0.1) is 11.8 Å². The molecule has 122 valence electrons. The van der Waals surface area contributed by atoms with Gasteiger partial charge in [0.25, 0.3) is 5.91 Å². The third-order valence-electron chi connectivity index (χ3n) is 4.05. The first-order valence-electron chi connectivity index (χ1n) is 7.64. The molecule has 2 heterocycles. The highest BCUT2D eigenvalue weighted by Gasteiger charge is 2.28. The van der Waals surface area contributed by atoms with Crippen molar-refractivity contribution < 1.29 is 9.21 Å². The summed E-state index contributed by atoms with van der Waals surface area (Å²) in [5.74, 6) is 1.29. The van der Waals surface area contributed by atoms with Crippen molar-refractivity contribution in [3.8, 4) is 11.5 Å². The van der Waals surface area contributed by atoms with Crippen LogP contribution in [0.3, 0.4) is 0 Å². The molecule has 4 nitrogen and oxygen atoms in total. The van der Waals surface area contributed by atoms with Crippen molar-refractivity contribution in [2.75, 3.05) is 13.1 Å². The van der Waals surface area contributed by atoms with Gasteiger partial charge in [-0.15, -0.1) is 0 Å². The number of benzene rings is 1. The Kier molecular flexibility index (Phi) is 4.64. The molecular formula is C17H18Cl2N2O2. The number of oxazole rings is 1. The number of amides is 1. The molecule has 0 radical (unpaired) electrons. The van der Waals surface area contributed by atoms with E-state index < -0.39 is 0 Å². The van der Waals surface area contributed by atoms with Gasteiger partial charge in [0, 0.05) is 18.7 Å². The van der Waals surface area contributed by atoms with E-state index in [9.17, 15) is 4.79 Å². The third kappa shape index (κ3) is 3.54. The molecule has 0 N–H and O–H groups in total. The molecule has 0 bridgehead atoms. The topological polar surface area (TPSA) is 46.3 Å². The lowest BCUT2D eigenvalue weighted by Gasteiger charge is -2.34. The zero-order valence-electron chi connectivity index (χ0n) is 13.1. The summed E-state index contributed by atoms with van der Waals surface area (Å²) in [4.78, 5) is 18.8. The number of halogens is 2. The Labute approximate surface area is 145 Å². The molecule has 1 aromatic carbocycles. The van der Waals surface area contributed by atoms with Gasteiger partial charge in [-0.25, -0.2) is 4.98 Å². The molecule has 1 aliphatic rings. The maximum Gasteiger partial charge on any atom is 0.275 e. The van der Waals surface area contributed by atoms with Gasteiger partial charge in [0.05, 0.1) is 10.0 Å². The Morgan fingerprint density at radius 2 is 1.91 bits per heavy atom. The fourth-order valence-corrected chi connectivity index (χ4v) is 3.42. The largest absolute Gasteiger partial charge is 0.444 e. The maximum absolute atomic E-state index is 12.6. The first kappa shape index (κ1) is 16.3. The average molecular weight is 353 g/mol.